The lowest BCUT2D eigenvalue weighted by molar-refractivity contribution is -0.226. The predicted molar refractivity (Wildman–Crippen MR) is 102 cm³/mol. The van der Waals surface area contributed by atoms with Gasteiger partial charge in [0.15, 0.2) is 0 Å². The first-order valence-electron chi connectivity index (χ1n) is 9.23. The van der Waals surface area contributed by atoms with Gasteiger partial charge in [-0.25, -0.2) is 22.2 Å². The minimum Gasteiger partial charge on any atom is -0.447 e. The quantitative estimate of drug-likeness (QED) is 0.350. The lowest BCUT2D eigenvalue weighted by Gasteiger charge is -2.31. The van der Waals surface area contributed by atoms with Crippen LogP contribution in [0.15, 0.2) is 41.4 Å². The molecule has 13 heteroatoms. The molecule has 1 fully saturated rings. The van der Waals surface area contributed by atoms with Crippen molar-refractivity contribution in [2.24, 2.45) is 5.92 Å². The highest BCUT2D eigenvalue weighted by atomic mass is 35.5. The van der Waals surface area contributed by atoms with E-state index >= 15 is 0 Å². The lowest BCUT2D eigenvalue weighted by atomic mass is 9.98. The Labute approximate surface area is 185 Å². The molecular formula is C19H16ClF5N2O4S. The number of esters is 1. The number of halogens is 6. The number of sulfonamides is 1. The van der Waals surface area contributed by atoms with Gasteiger partial charge in [-0.15, -0.1) is 0 Å². The maximum absolute atomic E-state index is 13.4. The SMILES string of the molecule is O=C(O[C@@H](c1cc(F)cc(F)c1)C(F)(F)F)C1CCN(S(=O)(=O)c2cccnc2Cl)CC1. The Morgan fingerprint density at radius 1 is 1.16 bits per heavy atom. The number of hydrogen-bond acceptors (Lipinski definition) is 5. The molecule has 0 amide bonds. The summed E-state index contributed by atoms with van der Waals surface area (Å²) in [6.45, 7) is -0.336. The molecule has 0 aliphatic carbocycles. The molecule has 1 aliphatic heterocycles. The second-order valence-corrected chi connectivity index (χ2v) is 9.30. The van der Waals surface area contributed by atoms with E-state index in [1.54, 1.807) is 0 Å². The number of nitrogens with zero attached hydrogens (tertiary/aromatic N) is 2. The van der Waals surface area contributed by atoms with Gasteiger partial charge in [0.25, 0.3) is 0 Å². The van der Waals surface area contributed by atoms with E-state index in [9.17, 15) is 35.2 Å². The molecule has 0 spiro atoms. The van der Waals surface area contributed by atoms with E-state index in [0.717, 1.165) is 4.31 Å². The summed E-state index contributed by atoms with van der Waals surface area (Å²) >= 11 is 5.84. The highest BCUT2D eigenvalue weighted by molar-refractivity contribution is 7.89. The van der Waals surface area contributed by atoms with Crippen LogP contribution in [0.4, 0.5) is 22.0 Å². The Bertz CT molecular complexity index is 1080. The van der Waals surface area contributed by atoms with Crippen molar-refractivity contribution < 1.29 is 39.9 Å². The highest BCUT2D eigenvalue weighted by Crippen LogP contribution is 2.38. The molecule has 2 aromatic rings. The number of aromatic nitrogens is 1. The van der Waals surface area contributed by atoms with Crippen LogP contribution >= 0.6 is 11.6 Å². The summed E-state index contributed by atoms with van der Waals surface area (Å²) in [5.74, 6) is -4.78. The molecule has 1 atom stereocenters. The second-order valence-electron chi connectivity index (χ2n) is 7.03. The number of carbonyl (C=O) groups is 1. The Hall–Kier alpha value is -2.31. The highest BCUT2D eigenvalue weighted by Gasteiger charge is 2.46. The Balaban J connectivity index is 1.71. The number of piperidine rings is 1. The first-order valence-corrected chi connectivity index (χ1v) is 11.1. The maximum atomic E-state index is 13.4. The number of rotatable bonds is 5. The summed E-state index contributed by atoms with van der Waals surface area (Å²) in [7, 11) is -4.02. The van der Waals surface area contributed by atoms with Gasteiger partial charge < -0.3 is 4.74 Å². The Morgan fingerprint density at radius 3 is 2.28 bits per heavy atom. The van der Waals surface area contributed by atoms with Crippen LogP contribution in [0.25, 0.3) is 0 Å². The summed E-state index contributed by atoms with van der Waals surface area (Å²) < 4.78 is 98.0. The normalized spacial score (nSPS) is 17.2. The van der Waals surface area contributed by atoms with E-state index in [4.69, 9.17) is 11.6 Å². The number of pyridine rings is 1. The number of hydrogen-bond donors (Lipinski definition) is 0. The molecule has 3 rings (SSSR count). The minimum atomic E-state index is -5.11. The molecule has 0 bridgehead atoms. The Morgan fingerprint density at radius 2 is 1.75 bits per heavy atom. The Kier molecular flexibility index (Phi) is 7.06. The minimum absolute atomic E-state index is 0.113. The standard InChI is InChI=1S/C19H16ClF5N2O4S/c20-17-15(2-1-5-26-17)32(29,30)27-6-3-11(4-7-27)18(28)31-16(19(23,24)25)12-8-13(21)10-14(22)9-12/h1-2,5,8-11,16H,3-4,6-7H2/t16-/m0/s1. The van der Waals surface area contributed by atoms with E-state index in [1.807, 2.05) is 0 Å². The second kappa shape index (κ2) is 9.28. The van der Waals surface area contributed by atoms with E-state index in [-0.39, 0.29) is 36.0 Å². The fourth-order valence-electron chi connectivity index (χ4n) is 3.30. The van der Waals surface area contributed by atoms with Crippen molar-refractivity contribution in [3.8, 4) is 0 Å². The van der Waals surface area contributed by atoms with Gasteiger partial charge in [0.1, 0.15) is 21.7 Å². The number of carbonyl (C=O) groups excluding carboxylic acids is 1. The van der Waals surface area contributed by atoms with Crippen molar-refractivity contribution in [3.05, 3.63) is 58.9 Å². The monoisotopic (exact) mass is 498 g/mol. The zero-order valence-corrected chi connectivity index (χ0v) is 17.7. The third-order valence-corrected chi connectivity index (χ3v) is 7.19. The summed E-state index contributed by atoms with van der Waals surface area (Å²) in [6, 6.07) is 3.90. The molecule has 0 radical (unpaired) electrons. The molecule has 1 aromatic heterocycles. The molecule has 174 valence electrons. The number of alkyl halides is 3. The molecule has 32 heavy (non-hydrogen) atoms. The van der Waals surface area contributed by atoms with Crippen molar-refractivity contribution >= 4 is 27.6 Å². The molecule has 0 saturated carbocycles. The molecule has 1 aromatic carbocycles. The van der Waals surface area contributed by atoms with Gasteiger partial charge in [-0.3, -0.25) is 4.79 Å². The van der Waals surface area contributed by atoms with Gasteiger partial charge in [0, 0.05) is 30.9 Å². The molecule has 6 nitrogen and oxygen atoms in total. The van der Waals surface area contributed by atoms with Crippen molar-refractivity contribution in [2.45, 2.75) is 30.0 Å². The van der Waals surface area contributed by atoms with Crippen molar-refractivity contribution in [2.75, 3.05) is 13.1 Å². The van der Waals surface area contributed by atoms with E-state index < -0.39 is 51.4 Å². The average Bonchev–Trinajstić information content (AvgIpc) is 2.70. The summed E-state index contributed by atoms with van der Waals surface area (Å²) in [4.78, 5) is 15.8. The van der Waals surface area contributed by atoms with Crippen molar-refractivity contribution in [1.29, 1.82) is 0 Å². The average molecular weight is 499 g/mol. The zero-order valence-electron chi connectivity index (χ0n) is 16.2. The number of benzene rings is 1. The first kappa shape index (κ1) is 24.3. The van der Waals surface area contributed by atoms with E-state index in [0.29, 0.717) is 18.2 Å². The van der Waals surface area contributed by atoms with Crippen LogP contribution in [0.2, 0.25) is 5.15 Å². The molecule has 2 heterocycles. The van der Waals surface area contributed by atoms with Crippen LogP contribution in [0.5, 0.6) is 0 Å². The molecular weight excluding hydrogens is 483 g/mol. The van der Waals surface area contributed by atoms with Gasteiger partial charge >= 0.3 is 12.1 Å². The van der Waals surface area contributed by atoms with Gasteiger partial charge in [-0.1, -0.05) is 11.6 Å². The van der Waals surface area contributed by atoms with Gasteiger partial charge in [0.05, 0.1) is 5.92 Å². The fourth-order valence-corrected chi connectivity index (χ4v) is 5.20. The summed E-state index contributed by atoms with van der Waals surface area (Å²) in [5.41, 5.74) is -0.894. The van der Waals surface area contributed by atoms with Crippen molar-refractivity contribution in [3.63, 3.8) is 0 Å². The first-order chi connectivity index (χ1) is 14.9. The summed E-state index contributed by atoms with van der Waals surface area (Å²) in [5, 5.41) is -0.232. The van der Waals surface area contributed by atoms with Crippen LogP contribution in [0, 0.1) is 17.6 Å². The van der Waals surface area contributed by atoms with Crippen LogP contribution in [-0.2, 0) is 19.6 Å². The van der Waals surface area contributed by atoms with Crippen LogP contribution in [-0.4, -0.2) is 42.9 Å². The predicted octanol–water partition coefficient (Wildman–Crippen LogP) is 4.26. The smallest absolute Gasteiger partial charge is 0.429 e. The summed E-state index contributed by atoms with van der Waals surface area (Å²) in [6.07, 6.45) is -6.89. The lowest BCUT2D eigenvalue weighted by Crippen LogP contribution is -2.41. The molecule has 0 unspecified atom stereocenters. The third kappa shape index (κ3) is 5.36. The topological polar surface area (TPSA) is 76.6 Å². The number of ether oxygens (including phenoxy) is 1. The van der Waals surface area contributed by atoms with Gasteiger partial charge in [-0.2, -0.15) is 17.5 Å². The van der Waals surface area contributed by atoms with Gasteiger partial charge in [-0.05, 0) is 37.1 Å². The zero-order chi connectivity index (χ0) is 23.7. The van der Waals surface area contributed by atoms with Gasteiger partial charge in [0.2, 0.25) is 16.1 Å². The molecule has 0 N–H and O–H groups in total. The molecule has 1 saturated heterocycles. The van der Waals surface area contributed by atoms with E-state index in [1.165, 1.54) is 18.3 Å². The maximum Gasteiger partial charge on any atom is 0.429 e. The van der Waals surface area contributed by atoms with Crippen LogP contribution in [0.3, 0.4) is 0 Å². The van der Waals surface area contributed by atoms with Crippen molar-refractivity contribution in [1.82, 2.24) is 9.29 Å². The largest absolute Gasteiger partial charge is 0.447 e. The van der Waals surface area contributed by atoms with Crippen LogP contribution in [0.1, 0.15) is 24.5 Å². The van der Waals surface area contributed by atoms with Crippen LogP contribution < -0.4 is 0 Å². The van der Waals surface area contributed by atoms with E-state index in [2.05, 4.69) is 9.72 Å². The third-order valence-electron chi connectivity index (χ3n) is 4.85. The molecule has 1 aliphatic rings. The fraction of sp³-hybridized carbons (Fsp3) is 0.368.